The number of fused-ring (bicyclic) bond motifs is 1. The van der Waals surface area contributed by atoms with E-state index in [0.717, 1.165) is 17.5 Å². The van der Waals surface area contributed by atoms with Gasteiger partial charge in [-0.2, -0.15) is 0 Å². The van der Waals surface area contributed by atoms with Crippen LogP contribution in [0.2, 0.25) is 0 Å². The number of amides is 2. The number of hydrogen-bond donors (Lipinski definition) is 0. The average Bonchev–Trinajstić information content (AvgIpc) is 3.31. The van der Waals surface area contributed by atoms with Crippen molar-refractivity contribution in [2.24, 2.45) is 5.92 Å². The summed E-state index contributed by atoms with van der Waals surface area (Å²) in [4.78, 5) is 31.6. The smallest absolute Gasteiger partial charge is 0.254 e. The van der Waals surface area contributed by atoms with E-state index in [9.17, 15) is 14.0 Å². The van der Waals surface area contributed by atoms with Crippen molar-refractivity contribution >= 4 is 23.2 Å². The molecule has 0 radical (unpaired) electrons. The SMILES string of the molecule is Cc1cccc(C(=O)N(CC(=O)N2CCc3sccc3C2COc2ccccc2F)CC(C)C)c1. The normalized spacial score (nSPS) is 15.1. The van der Waals surface area contributed by atoms with Crippen LogP contribution in [0.1, 0.15) is 46.3 Å². The summed E-state index contributed by atoms with van der Waals surface area (Å²) in [5.41, 5.74) is 2.61. The molecule has 3 aromatic rings. The van der Waals surface area contributed by atoms with E-state index in [4.69, 9.17) is 4.74 Å². The molecular formula is C28H31FN2O3S. The van der Waals surface area contributed by atoms with Gasteiger partial charge in [-0.3, -0.25) is 9.59 Å². The summed E-state index contributed by atoms with van der Waals surface area (Å²) < 4.78 is 20.0. The molecule has 1 aromatic heterocycles. The molecule has 1 unspecified atom stereocenters. The van der Waals surface area contributed by atoms with Gasteiger partial charge in [-0.05, 0) is 60.5 Å². The second-order valence-electron chi connectivity index (χ2n) is 9.34. The highest BCUT2D eigenvalue weighted by atomic mass is 32.1. The van der Waals surface area contributed by atoms with Crippen LogP contribution >= 0.6 is 11.3 Å². The third kappa shape index (κ3) is 5.90. The summed E-state index contributed by atoms with van der Waals surface area (Å²) in [6.07, 6.45) is 0.755. The molecule has 0 aliphatic carbocycles. The Balaban J connectivity index is 1.55. The molecule has 7 heteroatoms. The first-order valence-electron chi connectivity index (χ1n) is 11.9. The number of carbonyl (C=O) groups excluding carboxylic acids is 2. The Hall–Kier alpha value is -3.19. The van der Waals surface area contributed by atoms with Gasteiger partial charge in [0.25, 0.3) is 5.91 Å². The molecule has 184 valence electrons. The lowest BCUT2D eigenvalue weighted by Gasteiger charge is -2.37. The monoisotopic (exact) mass is 494 g/mol. The maximum Gasteiger partial charge on any atom is 0.254 e. The number of para-hydroxylation sites is 1. The van der Waals surface area contributed by atoms with Gasteiger partial charge in [-0.1, -0.05) is 43.7 Å². The number of hydrogen-bond acceptors (Lipinski definition) is 4. The molecule has 1 atom stereocenters. The number of ether oxygens (including phenoxy) is 1. The molecule has 0 bridgehead atoms. The van der Waals surface area contributed by atoms with Crippen LogP contribution in [0, 0.1) is 18.7 Å². The maximum atomic E-state index is 14.2. The molecule has 1 aliphatic heterocycles. The molecular weight excluding hydrogens is 463 g/mol. The molecule has 2 heterocycles. The Bertz CT molecular complexity index is 1190. The maximum absolute atomic E-state index is 14.2. The van der Waals surface area contributed by atoms with Crippen LogP contribution in [-0.4, -0.2) is 47.9 Å². The van der Waals surface area contributed by atoms with E-state index in [-0.39, 0.29) is 42.7 Å². The Kier molecular flexibility index (Phi) is 7.86. The summed E-state index contributed by atoms with van der Waals surface area (Å²) in [5.74, 6) is -0.341. The highest BCUT2D eigenvalue weighted by Gasteiger charge is 2.34. The van der Waals surface area contributed by atoms with Crippen LogP contribution < -0.4 is 4.74 Å². The molecule has 0 N–H and O–H groups in total. The average molecular weight is 495 g/mol. The summed E-state index contributed by atoms with van der Waals surface area (Å²) in [6, 6.07) is 15.4. The molecule has 2 amide bonds. The zero-order valence-electron chi connectivity index (χ0n) is 20.4. The molecule has 0 saturated heterocycles. The topological polar surface area (TPSA) is 49.9 Å². The molecule has 0 saturated carbocycles. The van der Waals surface area contributed by atoms with Gasteiger partial charge >= 0.3 is 0 Å². The van der Waals surface area contributed by atoms with Gasteiger partial charge < -0.3 is 14.5 Å². The summed E-state index contributed by atoms with van der Waals surface area (Å²) in [5, 5.41) is 2.01. The van der Waals surface area contributed by atoms with Gasteiger partial charge in [-0.15, -0.1) is 11.3 Å². The van der Waals surface area contributed by atoms with Crippen molar-refractivity contribution in [3.8, 4) is 5.75 Å². The Labute approximate surface area is 210 Å². The largest absolute Gasteiger partial charge is 0.488 e. The fourth-order valence-electron chi connectivity index (χ4n) is 4.48. The molecule has 0 spiro atoms. The second-order valence-corrected chi connectivity index (χ2v) is 10.3. The van der Waals surface area contributed by atoms with Crippen LogP contribution in [0.25, 0.3) is 0 Å². The minimum absolute atomic E-state index is 0.0133. The molecule has 5 nitrogen and oxygen atoms in total. The van der Waals surface area contributed by atoms with Crippen molar-refractivity contribution in [2.45, 2.75) is 33.2 Å². The lowest BCUT2D eigenvalue weighted by atomic mass is 10.00. The van der Waals surface area contributed by atoms with Gasteiger partial charge in [0.05, 0.1) is 6.04 Å². The van der Waals surface area contributed by atoms with Crippen molar-refractivity contribution in [3.63, 3.8) is 0 Å². The van der Waals surface area contributed by atoms with Crippen LogP contribution in [0.4, 0.5) is 4.39 Å². The van der Waals surface area contributed by atoms with Gasteiger partial charge in [0, 0.05) is 23.5 Å². The number of carbonyl (C=O) groups is 2. The van der Waals surface area contributed by atoms with Crippen molar-refractivity contribution in [2.75, 3.05) is 26.2 Å². The number of aryl methyl sites for hydroxylation is 1. The summed E-state index contributed by atoms with van der Waals surface area (Å²) in [7, 11) is 0. The summed E-state index contributed by atoms with van der Waals surface area (Å²) in [6.45, 7) is 7.15. The van der Waals surface area contributed by atoms with Crippen LogP contribution in [0.15, 0.2) is 60.0 Å². The fourth-order valence-corrected chi connectivity index (χ4v) is 5.41. The van der Waals surface area contributed by atoms with Gasteiger partial charge in [-0.25, -0.2) is 4.39 Å². The first-order chi connectivity index (χ1) is 16.8. The van der Waals surface area contributed by atoms with Crippen molar-refractivity contribution < 1.29 is 18.7 Å². The molecule has 2 aromatic carbocycles. The van der Waals surface area contributed by atoms with Crippen LogP contribution in [0.5, 0.6) is 5.75 Å². The second kappa shape index (κ2) is 11.0. The van der Waals surface area contributed by atoms with Gasteiger partial charge in [0.1, 0.15) is 13.2 Å². The van der Waals surface area contributed by atoms with Crippen molar-refractivity contribution in [1.29, 1.82) is 0 Å². The van der Waals surface area contributed by atoms with Crippen molar-refractivity contribution in [3.05, 3.63) is 87.4 Å². The van der Waals surface area contributed by atoms with Crippen LogP contribution in [-0.2, 0) is 11.2 Å². The van der Waals surface area contributed by atoms with E-state index in [1.165, 1.54) is 10.9 Å². The van der Waals surface area contributed by atoms with Crippen molar-refractivity contribution in [1.82, 2.24) is 9.80 Å². The number of nitrogens with zero attached hydrogens (tertiary/aromatic N) is 2. The highest BCUT2D eigenvalue weighted by Crippen LogP contribution is 2.34. The minimum atomic E-state index is -0.432. The summed E-state index contributed by atoms with van der Waals surface area (Å²) >= 11 is 1.66. The minimum Gasteiger partial charge on any atom is -0.488 e. The third-order valence-corrected chi connectivity index (χ3v) is 7.11. The quantitative estimate of drug-likeness (QED) is 0.416. The number of halogens is 1. The first kappa shape index (κ1) is 24.9. The first-order valence-corrected chi connectivity index (χ1v) is 12.8. The Morgan fingerprint density at radius 1 is 1.17 bits per heavy atom. The highest BCUT2D eigenvalue weighted by molar-refractivity contribution is 7.10. The number of benzene rings is 2. The third-order valence-electron chi connectivity index (χ3n) is 6.11. The zero-order chi connectivity index (χ0) is 24.9. The molecule has 4 rings (SSSR count). The number of thiophene rings is 1. The standard InChI is InChI=1S/C28H31FN2O3S/c1-19(2)16-30(28(33)21-8-6-7-20(3)15-21)17-27(32)31-13-11-26-22(12-14-35-26)24(31)18-34-25-10-5-4-9-23(25)29/h4-10,12,14-15,19,24H,11,13,16-18H2,1-3H3. The van der Waals surface area contributed by atoms with Crippen LogP contribution in [0.3, 0.4) is 0 Å². The Morgan fingerprint density at radius 3 is 2.71 bits per heavy atom. The predicted molar refractivity (Wildman–Crippen MR) is 136 cm³/mol. The van der Waals surface area contributed by atoms with E-state index >= 15 is 0 Å². The Morgan fingerprint density at radius 2 is 1.97 bits per heavy atom. The molecule has 1 aliphatic rings. The van der Waals surface area contributed by atoms with Gasteiger partial charge in [0.15, 0.2) is 11.6 Å². The molecule has 0 fully saturated rings. The van der Waals surface area contributed by atoms with Gasteiger partial charge in [0.2, 0.25) is 5.91 Å². The fraction of sp³-hybridized carbons (Fsp3) is 0.357. The lowest BCUT2D eigenvalue weighted by Crippen LogP contribution is -2.48. The lowest BCUT2D eigenvalue weighted by molar-refractivity contribution is -0.135. The number of rotatable bonds is 8. The zero-order valence-corrected chi connectivity index (χ0v) is 21.2. The van der Waals surface area contributed by atoms with E-state index in [1.807, 2.05) is 50.4 Å². The van der Waals surface area contributed by atoms with E-state index in [2.05, 4.69) is 0 Å². The van der Waals surface area contributed by atoms with E-state index in [1.54, 1.807) is 45.4 Å². The molecule has 35 heavy (non-hydrogen) atoms. The van der Waals surface area contributed by atoms with E-state index < -0.39 is 5.82 Å². The predicted octanol–water partition coefficient (Wildman–Crippen LogP) is 5.50. The van der Waals surface area contributed by atoms with E-state index in [0.29, 0.717) is 18.7 Å².